The van der Waals surface area contributed by atoms with Crippen LogP contribution < -0.4 is 5.32 Å². The molecule has 1 aromatic rings. The maximum absolute atomic E-state index is 12.7. The molecule has 8 heteroatoms. The summed E-state index contributed by atoms with van der Waals surface area (Å²) >= 11 is 11.8. The van der Waals surface area contributed by atoms with Crippen molar-refractivity contribution in [3.05, 3.63) is 23.8 Å². The molecule has 1 aliphatic rings. The molecule has 0 bridgehead atoms. The highest BCUT2D eigenvalue weighted by Crippen LogP contribution is 2.53. The van der Waals surface area contributed by atoms with E-state index in [1.165, 1.54) is 10.4 Å². The molecule has 128 valence electrons. The van der Waals surface area contributed by atoms with E-state index in [1.807, 2.05) is 0 Å². The Labute approximate surface area is 147 Å². The number of nitrogens with zero attached hydrogens (tertiary/aromatic N) is 1. The molecule has 0 aliphatic heterocycles. The number of nitrogens with one attached hydrogen (secondary N) is 1. The third kappa shape index (κ3) is 3.82. The van der Waals surface area contributed by atoms with Crippen molar-refractivity contribution in [2.24, 2.45) is 5.92 Å². The van der Waals surface area contributed by atoms with Crippen molar-refractivity contribution in [2.75, 3.05) is 18.4 Å². The average molecular weight is 379 g/mol. The molecule has 1 aliphatic carbocycles. The second kappa shape index (κ2) is 6.59. The van der Waals surface area contributed by atoms with Gasteiger partial charge in [-0.1, -0.05) is 19.9 Å². The zero-order valence-corrected chi connectivity index (χ0v) is 15.6. The van der Waals surface area contributed by atoms with Crippen molar-refractivity contribution < 1.29 is 13.2 Å². The maximum Gasteiger partial charge on any atom is 0.243 e. The van der Waals surface area contributed by atoms with Crippen LogP contribution in [0.1, 0.15) is 25.8 Å². The van der Waals surface area contributed by atoms with E-state index in [2.05, 4.69) is 5.32 Å². The summed E-state index contributed by atoms with van der Waals surface area (Å²) < 4.78 is 25.7. The largest absolute Gasteiger partial charge is 0.326 e. The van der Waals surface area contributed by atoms with Gasteiger partial charge in [0.15, 0.2) is 0 Å². The summed E-state index contributed by atoms with van der Waals surface area (Å²) in [6.45, 7) is 6.08. The van der Waals surface area contributed by atoms with Crippen LogP contribution in [0.2, 0.25) is 0 Å². The molecule has 1 N–H and O–H groups in total. The number of amides is 1. The highest BCUT2D eigenvalue weighted by molar-refractivity contribution is 7.89. The Bertz CT molecular complexity index is 715. The lowest BCUT2D eigenvalue weighted by Gasteiger charge is -2.20. The molecular weight excluding hydrogens is 359 g/mol. The van der Waals surface area contributed by atoms with Gasteiger partial charge in [0.25, 0.3) is 0 Å². The molecule has 0 radical (unpaired) electrons. The fourth-order valence-electron chi connectivity index (χ4n) is 2.39. The zero-order chi connectivity index (χ0) is 17.4. The first-order valence-corrected chi connectivity index (χ1v) is 9.62. The second-order valence-corrected chi connectivity index (χ2v) is 9.03. The van der Waals surface area contributed by atoms with E-state index in [1.54, 1.807) is 32.9 Å². The van der Waals surface area contributed by atoms with Crippen molar-refractivity contribution in [1.29, 1.82) is 0 Å². The average Bonchev–Trinajstić information content (AvgIpc) is 3.11. The highest BCUT2D eigenvalue weighted by atomic mass is 35.5. The molecule has 23 heavy (non-hydrogen) atoms. The normalized spacial score (nSPS) is 19.7. The number of hydrogen-bond acceptors (Lipinski definition) is 3. The van der Waals surface area contributed by atoms with Gasteiger partial charge < -0.3 is 5.32 Å². The first-order valence-electron chi connectivity index (χ1n) is 7.43. The second-order valence-electron chi connectivity index (χ2n) is 5.58. The van der Waals surface area contributed by atoms with Crippen LogP contribution in [-0.2, 0) is 14.8 Å². The van der Waals surface area contributed by atoms with Gasteiger partial charge in [-0.15, -0.1) is 23.2 Å². The van der Waals surface area contributed by atoms with Crippen LogP contribution in [-0.4, -0.2) is 36.1 Å². The van der Waals surface area contributed by atoms with Crippen LogP contribution in [0.4, 0.5) is 5.69 Å². The van der Waals surface area contributed by atoms with E-state index in [4.69, 9.17) is 23.2 Å². The van der Waals surface area contributed by atoms with Gasteiger partial charge in [-0.05, 0) is 31.0 Å². The third-order valence-electron chi connectivity index (χ3n) is 3.92. The quantitative estimate of drug-likeness (QED) is 0.773. The van der Waals surface area contributed by atoms with Crippen LogP contribution in [0.25, 0.3) is 0 Å². The molecule has 1 amide bonds. The number of hydrogen-bond donors (Lipinski definition) is 1. The van der Waals surface area contributed by atoms with Gasteiger partial charge >= 0.3 is 0 Å². The summed E-state index contributed by atoms with van der Waals surface area (Å²) in [6, 6.07) is 4.82. The number of benzene rings is 1. The summed E-state index contributed by atoms with van der Waals surface area (Å²) in [6.07, 6.45) is 0.401. The smallest absolute Gasteiger partial charge is 0.243 e. The number of alkyl halides is 2. The Hall–Kier alpha value is -0.820. The zero-order valence-electron chi connectivity index (χ0n) is 13.3. The fourth-order valence-corrected chi connectivity index (χ4v) is 4.60. The summed E-state index contributed by atoms with van der Waals surface area (Å²) in [7, 11) is -3.59. The number of carbonyl (C=O) groups is 1. The fraction of sp³-hybridized carbons (Fsp3) is 0.533. The number of anilines is 1. The standard InChI is InChI=1S/C15H20Cl2N2O3S/c1-4-19(5-2)23(21,22)13-8-11(7-6-10(13)3)18-14(20)12-9-15(12,16)17/h6-8,12H,4-5,9H2,1-3H3,(H,18,20)/t12-/m1/s1. The minimum Gasteiger partial charge on any atom is -0.326 e. The molecule has 0 unspecified atom stereocenters. The Morgan fingerprint density at radius 3 is 2.39 bits per heavy atom. The van der Waals surface area contributed by atoms with Gasteiger partial charge in [0.1, 0.15) is 4.33 Å². The van der Waals surface area contributed by atoms with Crippen molar-refractivity contribution in [1.82, 2.24) is 4.31 Å². The lowest BCUT2D eigenvalue weighted by Crippen LogP contribution is -2.31. The number of aryl methyl sites for hydroxylation is 1. The molecule has 5 nitrogen and oxygen atoms in total. The van der Waals surface area contributed by atoms with Gasteiger partial charge in [0.2, 0.25) is 15.9 Å². The number of carbonyl (C=O) groups excluding carboxylic acids is 1. The van der Waals surface area contributed by atoms with E-state index in [0.29, 0.717) is 30.8 Å². The minimum absolute atomic E-state index is 0.192. The summed E-state index contributed by atoms with van der Waals surface area (Å²) in [5.74, 6) is -0.764. The van der Waals surface area contributed by atoms with Gasteiger partial charge in [0.05, 0.1) is 10.8 Å². The highest BCUT2D eigenvalue weighted by Gasteiger charge is 2.56. The molecule has 1 aromatic carbocycles. The van der Waals surface area contributed by atoms with E-state index >= 15 is 0 Å². The molecule has 1 saturated carbocycles. The minimum atomic E-state index is -3.59. The van der Waals surface area contributed by atoms with Crippen LogP contribution in [0, 0.1) is 12.8 Å². The summed E-state index contributed by atoms with van der Waals surface area (Å²) in [5, 5.41) is 2.68. The van der Waals surface area contributed by atoms with Crippen molar-refractivity contribution >= 4 is 44.8 Å². The molecule has 0 heterocycles. The summed E-state index contributed by atoms with van der Waals surface area (Å²) in [4.78, 5) is 12.2. The van der Waals surface area contributed by atoms with Crippen LogP contribution in [0.3, 0.4) is 0 Å². The van der Waals surface area contributed by atoms with Crippen molar-refractivity contribution in [3.8, 4) is 0 Å². The Morgan fingerprint density at radius 2 is 1.91 bits per heavy atom. The van der Waals surface area contributed by atoms with E-state index in [0.717, 1.165) is 0 Å². The first-order chi connectivity index (χ1) is 10.6. The Morgan fingerprint density at radius 1 is 1.35 bits per heavy atom. The SMILES string of the molecule is CCN(CC)S(=O)(=O)c1cc(NC(=O)[C@H]2CC2(Cl)Cl)ccc1C. The lowest BCUT2D eigenvalue weighted by molar-refractivity contribution is -0.117. The van der Waals surface area contributed by atoms with Gasteiger partial charge in [-0.2, -0.15) is 4.31 Å². The molecule has 0 spiro atoms. The topological polar surface area (TPSA) is 66.5 Å². The Balaban J connectivity index is 2.28. The molecule has 2 rings (SSSR count). The van der Waals surface area contributed by atoms with Gasteiger partial charge in [-0.3, -0.25) is 4.79 Å². The van der Waals surface area contributed by atoms with E-state index in [-0.39, 0.29) is 10.8 Å². The molecule has 0 saturated heterocycles. The van der Waals surface area contributed by atoms with Crippen molar-refractivity contribution in [3.63, 3.8) is 0 Å². The van der Waals surface area contributed by atoms with Crippen LogP contribution in [0.5, 0.6) is 0 Å². The van der Waals surface area contributed by atoms with E-state index < -0.39 is 20.3 Å². The number of rotatable bonds is 6. The lowest BCUT2D eigenvalue weighted by atomic mass is 10.2. The van der Waals surface area contributed by atoms with Crippen molar-refractivity contribution in [2.45, 2.75) is 36.4 Å². The monoisotopic (exact) mass is 378 g/mol. The number of sulfonamides is 1. The molecule has 0 aromatic heterocycles. The van der Waals surface area contributed by atoms with E-state index in [9.17, 15) is 13.2 Å². The first kappa shape index (κ1) is 18.5. The molecule has 1 fully saturated rings. The van der Waals surface area contributed by atoms with Crippen LogP contribution in [0.15, 0.2) is 23.1 Å². The number of halogens is 2. The molecular formula is C15H20Cl2N2O3S. The van der Waals surface area contributed by atoms with Gasteiger partial charge in [-0.25, -0.2) is 8.42 Å². The van der Waals surface area contributed by atoms with Crippen LogP contribution >= 0.6 is 23.2 Å². The van der Waals surface area contributed by atoms with Gasteiger partial charge in [0, 0.05) is 18.8 Å². The summed E-state index contributed by atoms with van der Waals surface area (Å²) in [5.41, 5.74) is 1.05. The molecule has 1 atom stereocenters. The predicted molar refractivity (Wildman–Crippen MR) is 92.5 cm³/mol. The third-order valence-corrected chi connectivity index (χ3v) is 6.95. The Kier molecular flexibility index (Phi) is 5.31. The maximum atomic E-state index is 12.7. The predicted octanol–water partition coefficient (Wildman–Crippen LogP) is 3.16.